The van der Waals surface area contributed by atoms with Gasteiger partial charge < -0.3 is 15.0 Å². The molecule has 0 unspecified atom stereocenters. The summed E-state index contributed by atoms with van der Waals surface area (Å²) in [5.41, 5.74) is 1.81. The van der Waals surface area contributed by atoms with Gasteiger partial charge in [0.15, 0.2) is 6.61 Å². The van der Waals surface area contributed by atoms with Gasteiger partial charge in [-0.1, -0.05) is 30.5 Å². The lowest BCUT2D eigenvalue weighted by Gasteiger charge is -2.16. The van der Waals surface area contributed by atoms with Gasteiger partial charge in [-0.15, -0.1) is 0 Å². The molecule has 1 saturated carbocycles. The van der Waals surface area contributed by atoms with Crippen LogP contribution >= 0.6 is 0 Å². The van der Waals surface area contributed by atoms with E-state index in [0.29, 0.717) is 0 Å². The predicted octanol–water partition coefficient (Wildman–Crippen LogP) is 1.66. The molecule has 0 bridgehead atoms. The van der Waals surface area contributed by atoms with Crippen LogP contribution in [0.3, 0.4) is 0 Å². The number of hydrogen-bond acceptors (Lipinski definition) is 5. The maximum Gasteiger partial charge on any atom is 0.321 e. The van der Waals surface area contributed by atoms with Crippen LogP contribution < -0.4 is 15.5 Å². The van der Waals surface area contributed by atoms with E-state index in [0.717, 1.165) is 36.9 Å². The molecule has 0 radical (unpaired) electrons. The number of nitrogens with one attached hydrogen (secondary N) is 2. The largest absolute Gasteiger partial charge is 0.455 e. The van der Waals surface area contributed by atoms with Crippen molar-refractivity contribution in [2.45, 2.75) is 45.1 Å². The second-order valence-electron chi connectivity index (χ2n) is 7.35. The fourth-order valence-corrected chi connectivity index (χ4v) is 3.55. The number of urea groups is 1. The molecule has 1 aliphatic carbocycles. The van der Waals surface area contributed by atoms with Crippen molar-refractivity contribution in [3.63, 3.8) is 0 Å². The molecule has 1 aromatic rings. The molecule has 1 aromatic carbocycles. The highest BCUT2D eigenvalue weighted by Crippen LogP contribution is 2.26. The minimum atomic E-state index is -0.691. The van der Waals surface area contributed by atoms with Crippen LogP contribution in [0.2, 0.25) is 0 Å². The lowest BCUT2D eigenvalue weighted by Crippen LogP contribution is -2.45. The van der Waals surface area contributed by atoms with Crippen molar-refractivity contribution < 1.29 is 23.9 Å². The molecule has 8 nitrogen and oxygen atoms in total. The van der Waals surface area contributed by atoms with Crippen molar-refractivity contribution >= 4 is 29.5 Å². The van der Waals surface area contributed by atoms with E-state index in [1.165, 1.54) is 0 Å². The highest BCUT2D eigenvalue weighted by atomic mass is 16.5. The fraction of sp³-hybridized carbons (Fsp3) is 0.500. The van der Waals surface area contributed by atoms with Crippen LogP contribution in [0, 0.1) is 12.8 Å². The number of esters is 1. The van der Waals surface area contributed by atoms with Crippen molar-refractivity contribution in [2.75, 3.05) is 18.1 Å². The number of carbonyl (C=O) groups is 4. The Balaban J connectivity index is 1.43. The monoisotopic (exact) mass is 387 g/mol. The number of imide groups is 1. The first kappa shape index (κ1) is 19.9. The Bertz CT molecular complexity index is 756. The molecule has 28 heavy (non-hydrogen) atoms. The van der Waals surface area contributed by atoms with Crippen molar-refractivity contribution in [3.8, 4) is 0 Å². The molecular weight excluding hydrogens is 362 g/mol. The van der Waals surface area contributed by atoms with Gasteiger partial charge in [-0.2, -0.15) is 0 Å². The molecule has 4 amide bonds. The molecule has 1 atom stereocenters. The van der Waals surface area contributed by atoms with E-state index in [1.807, 2.05) is 31.2 Å². The summed E-state index contributed by atoms with van der Waals surface area (Å²) in [7, 11) is 0. The summed E-state index contributed by atoms with van der Waals surface area (Å²) in [5.74, 6) is -2.10. The molecule has 1 saturated heterocycles. The van der Waals surface area contributed by atoms with E-state index in [9.17, 15) is 19.2 Å². The van der Waals surface area contributed by atoms with Gasteiger partial charge in [-0.05, 0) is 31.9 Å². The number of nitrogens with zero attached hydrogens (tertiary/aromatic N) is 1. The zero-order valence-electron chi connectivity index (χ0n) is 15.9. The quantitative estimate of drug-likeness (QED) is 0.748. The van der Waals surface area contributed by atoms with Crippen molar-refractivity contribution in [1.29, 1.82) is 0 Å². The lowest BCUT2D eigenvalue weighted by molar-refractivity contribution is -0.152. The van der Waals surface area contributed by atoms with E-state index in [-0.39, 0.29) is 24.9 Å². The average molecular weight is 387 g/mol. The summed E-state index contributed by atoms with van der Waals surface area (Å²) in [6.45, 7) is 1.62. The molecule has 8 heteroatoms. The maximum atomic E-state index is 12.2. The number of benzene rings is 1. The lowest BCUT2D eigenvalue weighted by atomic mass is 10.1. The molecule has 0 spiro atoms. The number of hydrogen-bond donors (Lipinski definition) is 2. The topological polar surface area (TPSA) is 105 Å². The molecular formula is C20H25N3O5. The van der Waals surface area contributed by atoms with Crippen LogP contribution in [-0.4, -0.2) is 43.0 Å². The third kappa shape index (κ3) is 5.09. The summed E-state index contributed by atoms with van der Waals surface area (Å²) in [6.07, 6.45) is 3.98. The van der Waals surface area contributed by atoms with Crippen LogP contribution in [0.5, 0.6) is 0 Å². The zero-order chi connectivity index (χ0) is 20.1. The summed E-state index contributed by atoms with van der Waals surface area (Å²) in [6, 6.07) is 6.97. The molecule has 3 rings (SSSR count). The van der Waals surface area contributed by atoms with E-state index in [2.05, 4.69) is 10.6 Å². The fourth-order valence-electron chi connectivity index (χ4n) is 3.55. The standard InChI is InChI=1S/C20H25N3O5/c1-13-6-8-16(9-7-13)23-11-14(10-18(23)25)19(26)28-12-17(24)22-20(27)21-15-4-2-3-5-15/h6-9,14-15H,2-5,10-12H2,1H3,(H2,21,22,24,27)/t14-/m1/s1. The maximum absolute atomic E-state index is 12.2. The number of carbonyl (C=O) groups excluding carboxylic acids is 4. The van der Waals surface area contributed by atoms with Crippen molar-refractivity contribution in [3.05, 3.63) is 29.8 Å². The van der Waals surface area contributed by atoms with Gasteiger partial charge in [0, 0.05) is 24.7 Å². The average Bonchev–Trinajstić information content (AvgIpc) is 3.30. The molecule has 2 aliphatic rings. The van der Waals surface area contributed by atoms with Gasteiger partial charge in [0.1, 0.15) is 0 Å². The molecule has 2 N–H and O–H groups in total. The van der Waals surface area contributed by atoms with Gasteiger partial charge in [-0.3, -0.25) is 19.7 Å². The van der Waals surface area contributed by atoms with Gasteiger partial charge >= 0.3 is 12.0 Å². The van der Waals surface area contributed by atoms with E-state index >= 15 is 0 Å². The Morgan fingerprint density at radius 1 is 1.14 bits per heavy atom. The highest BCUT2D eigenvalue weighted by Gasteiger charge is 2.36. The van der Waals surface area contributed by atoms with Crippen LogP contribution in [0.25, 0.3) is 0 Å². The van der Waals surface area contributed by atoms with Crippen LogP contribution in [0.15, 0.2) is 24.3 Å². The molecule has 1 heterocycles. The zero-order valence-corrected chi connectivity index (χ0v) is 15.9. The third-order valence-corrected chi connectivity index (χ3v) is 5.09. The van der Waals surface area contributed by atoms with Crippen molar-refractivity contribution in [1.82, 2.24) is 10.6 Å². The van der Waals surface area contributed by atoms with Crippen LogP contribution in [0.1, 0.15) is 37.7 Å². The third-order valence-electron chi connectivity index (χ3n) is 5.09. The Kier molecular flexibility index (Phi) is 6.28. The second kappa shape index (κ2) is 8.86. The Labute approximate surface area is 163 Å². The Morgan fingerprint density at radius 2 is 1.82 bits per heavy atom. The van der Waals surface area contributed by atoms with E-state index in [4.69, 9.17) is 4.74 Å². The normalized spacial score (nSPS) is 19.5. The molecule has 0 aromatic heterocycles. The first-order valence-electron chi connectivity index (χ1n) is 9.56. The summed E-state index contributed by atoms with van der Waals surface area (Å²) in [5, 5.41) is 4.88. The second-order valence-corrected chi connectivity index (χ2v) is 7.35. The van der Waals surface area contributed by atoms with E-state index < -0.39 is 30.4 Å². The minimum absolute atomic E-state index is 0.0382. The number of amides is 4. The van der Waals surface area contributed by atoms with Gasteiger partial charge in [0.2, 0.25) is 5.91 Å². The van der Waals surface area contributed by atoms with Crippen LogP contribution in [0.4, 0.5) is 10.5 Å². The van der Waals surface area contributed by atoms with Gasteiger partial charge in [0.25, 0.3) is 5.91 Å². The highest BCUT2D eigenvalue weighted by molar-refractivity contribution is 6.00. The Morgan fingerprint density at radius 3 is 2.50 bits per heavy atom. The first-order chi connectivity index (χ1) is 13.4. The minimum Gasteiger partial charge on any atom is -0.455 e. The first-order valence-corrected chi connectivity index (χ1v) is 9.56. The van der Waals surface area contributed by atoms with Crippen LogP contribution in [-0.2, 0) is 19.1 Å². The number of ether oxygens (including phenoxy) is 1. The number of anilines is 1. The molecule has 2 fully saturated rings. The summed E-state index contributed by atoms with van der Waals surface area (Å²) >= 11 is 0. The Hall–Kier alpha value is -2.90. The number of rotatable bonds is 5. The number of aryl methyl sites for hydroxylation is 1. The van der Waals surface area contributed by atoms with Crippen molar-refractivity contribution in [2.24, 2.45) is 5.92 Å². The molecule has 150 valence electrons. The van der Waals surface area contributed by atoms with E-state index in [1.54, 1.807) is 4.90 Å². The van der Waals surface area contributed by atoms with Gasteiger partial charge in [-0.25, -0.2) is 4.79 Å². The smallest absolute Gasteiger partial charge is 0.321 e. The summed E-state index contributed by atoms with van der Waals surface area (Å²) < 4.78 is 5.00. The predicted molar refractivity (Wildman–Crippen MR) is 102 cm³/mol. The summed E-state index contributed by atoms with van der Waals surface area (Å²) in [4.78, 5) is 49.5. The van der Waals surface area contributed by atoms with Gasteiger partial charge in [0.05, 0.1) is 5.92 Å². The molecule has 1 aliphatic heterocycles. The SMILES string of the molecule is Cc1ccc(N2C[C@H](C(=O)OCC(=O)NC(=O)NC3CCCC3)CC2=O)cc1.